The molecule has 0 N–H and O–H groups in total. The van der Waals surface area contributed by atoms with Gasteiger partial charge in [0.25, 0.3) is 0 Å². The standard InChI is InChI=1S/C18H25NO2/c1-3-9-19-10-5-6-17(19)14-8-7-13-11-15(4-2)21-18(20)16(13)12-14/h8,11-13,17H,3-7,9-10H2,1-2H3. The SMILES string of the molecule is CCCN1CCCC1C1=CCC2C=C(CC)OC(=O)C2=C1. The Balaban J connectivity index is 1.80. The van der Waals surface area contributed by atoms with Crippen molar-refractivity contribution in [3.8, 4) is 0 Å². The molecule has 2 aliphatic heterocycles. The maximum Gasteiger partial charge on any atom is 0.339 e. The molecule has 2 atom stereocenters. The summed E-state index contributed by atoms with van der Waals surface area (Å²) < 4.78 is 5.40. The number of esters is 1. The number of hydrogen-bond acceptors (Lipinski definition) is 3. The van der Waals surface area contributed by atoms with Crippen molar-refractivity contribution < 1.29 is 9.53 Å². The molecule has 2 heterocycles. The summed E-state index contributed by atoms with van der Waals surface area (Å²) in [5.41, 5.74) is 2.19. The van der Waals surface area contributed by atoms with Crippen LogP contribution in [0.2, 0.25) is 0 Å². The van der Waals surface area contributed by atoms with Crippen molar-refractivity contribution in [1.82, 2.24) is 4.90 Å². The topological polar surface area (TPSA) is 29.5 Å². The third-order valence-electron chi connectivity index (χ3n) is 4.78. The van der Waals surface area contributed by atoms with Crippen LogP contribution in [0.3, 0.4) is 0 Å². The second kappa shape index (κ2) is 6.18. The lowest BCUT2D eigenvalue weighted by Gasteiger charge is -2.30. The molecular formula is C18H25NO2. The lowest BCUT2D eigenvalue weighted by molar-refractivity contribution is -0.136. The number of hydrogen-bond donors (Lipinski definition) is 0. The molecule has 3 heteroatoms. The zero-order valence-corrected chi connectivity index (χ0v) is 13.1. The summed E-state index contributed by atoms with van der Waals surface area (Å²) >= 11 is 0. The van der Waals surface area contributed by atoms with Crippen molar-refractivity contribution >= 4 is 5.97 Å². The van der Waals surface area contributed by atoms with Gasteiger partial charge in [0.2, 0.25) is 0 Å². The Labute approximate surface area is 127 Å². The van der Waals surface area contributed by atoms with Gasteiger partial charge in [0.05, 0.1) is 0 Å². The van der Waals surface area contributed by atoms with Gasteiger partial charge < -0.3 is 4.74 Å². The number of carbonyl (C=O) groups is 1. The molecule has 0 bridgehead atoms. The van der Waals surface area contributed by atoms with E-state index >= 15 is 0 Å². The molecule has 0 spiro atoms. The van der Waals surface area contributed by atoms with Gasteiger partial charge in [0.1, 0.15) is 5.76 Å². The van der Waals surface area contributed by atoms with E-state index in [1.807, 2.05) is 6.92 Å². The Kier molecular flexibility index (Phi) is 4.29. The number of cyclic esters (lactones) is 1. The smallest absolute Gasteiger partial charge is 0.339 e. The normalized spacial score (nSPS) is 29.4. The van der Waals surface area contributed by atoms with Crippen molar-refractivity contribution in [2.45, 2.75) is 52.0 Å². The van der Waals surface area contributed by atoms with Crippen molar-refractivity contribution in [3.63, 3.8) is 0 Å². The van der Waals surface area contributed by atoms with Crippen LogP contribution in [-0.2, 0) is 9.53 Å². The van der Waals surface area contributed by atoms with Crippen molar-refractivity contribution in [2.75, 3.05) is 13.1 Å². The van der Waals surface area contributed by atoms with E-state index in [1.54, 1.807) is 0 Å². The predicted molar refractivity (Wildman–Crippen MR) is 83.6 cm³/mol. The van der Waals surface area contributed by atoms with Crippen LogP contribution in [0.5, 0.6) is 0 Å². The third-order valence-corrected chi connectivity index (χ3v) is 4.78. The van der Waals surface area contributed by atoms with Gasteiger partial charge >= 0.3 is 5.97 Å². The van der Waals surface area contributed by atoms with E-state index in [9.17, 15) is 4.79 Å². The van der Waals surface area contributed by atoms with Gasteiger partial charge in [-0.15, -0.1) is 0 Å². The fourth-order valence-electron chi connectivity index (χ4n) is 3.72. The second-order valence-corrected chi connectivity index (χ2v) is 6.22. The Morgan fingerprint density at radius 2 is 2.24 bits per heavy atom. The first kappa shape index (κ1) is 14.6. The highest BCUT2D eigenvalue weighted by atomic mass is 16.5. The van der Waals surface area contributed by atoms with Crippen LogP contribution in [0.4, 0.5) is 0 Å². The Morgan fingerprint density at radius 1 is 1.38 bits per heavy atom. The number of fused-ring (bicyclic) bond motifs is 1. The molecule has 0 radical (unpaired) electrons. The van der Waals surface area contributed by atoms with Crippen LogP contribution < -0.4 is 0 Å². The van der Waals surface area contributed by atoms with Gasteiger partial charge in [0.15, 0.2) is 0 Å². The molecule has 1 saturated heterocycles. The van der Waals surface area contributed by atoms with Crippen LogP contribution in [0.25, 0.3) is 0 Å². The first-order valence-electron chi connectivity index (χ1n) is 8.31. The lowest BCUT2D eigenvalue weighted by atomic mass is 9.84. The minimum atomic E-state index is -0.134. The highest BCUT2D eigenvalue weighted by Gasteiger charge is 2.33. The molecule has 3 aliphatic rings. The van der Waals surface area contributed by atoms with Crippen molar-refractivity contribution in [2.24, 2.45) is 5.92 Å². The van der Waals surface area contributed by atoms with Gasteiger partial charge in [-0.3, -0.25) is 4.90 Å². The average molecular weight is 287 g/mol. The summed E-state index contributed by atoms with van der Waals surface area (Å²) in [6.45, 7) is 6.60. The first-order chi connectivity index (χ1) is 10.2. The number of rotatable bonds is 4. The van der Waals surface area contributed by atoms with E-state index in [0.29, 0.717) is 6.04 Å². The predicted octanol–water partition coefficient (Wildman–Crippen LogP) is 3.58. The minimum Gasteiger partial charge on any atom is -0.428 e. The Hall–Kier alpha value is -1.35. The summed E-state index contributed by atoms with van der Waals surface area (Å²) in [6.07, 6.45) is 12.0. The molecule has 0 aromatic rings. The third kappa shape index (κ3) is 2.84. The highest BCUT2D eigenvalue weighted by molar-refractivity contribution is 5.92. The van der Waals surface area contributed by atoms with E-state index in [-0.39, 0.29) is 11.9 Å². The largest absolute Gasteiger partial charge is 0.428 e. The van der Waals surface area contributed by atoms with Crippen LogP contribution in [0.1, 0.15) is 46.0 Å². The summed E-state index contributed by atoms with van der Waals surface area (Å²) in [6, 6.07) is 0.503. The molecule has 114 valence electrons. The molecule has 3 nitrogen and oxygen atoms in total. The van der Waals surface area contributed by atoms with Crippen LogP contribution >= 0.6 is 0 Å². The van der Waals surface area contributed by atoms with Gasteiger partial charge in [0, 0.05) is 24.0 Å². The number of ether oxygens (including phenoxy) is 1. The minimum absolute atomic E-state index is 0.134. The fraction of sp³-hybridized carbons (Fsp3) is 0.611. The average Bonchev–Trinajstić information content (AvgIpc) is 2.95. The molecule has 0 amide bonds. The number of carbonyl (C=O) groups excluding carboxylic acids is 1. The first-order valence-corrected chi connectivity index (χ1v) is 8.31. The lowest BCUT2D eigenvalue weighted by Crippen LogP contribution is -2.33. The molecule has 1 aliphatic carbocycles. The van der Waals surface area contributed by atoms with E-state index < -0.39 is 0 Å². The fourth-order valence-corrected chi connectivity index (χ4v) is 3.72. The zero-order chi connectivity index (χ0) is 14.8. The number of allylic oxidation sites excluding steroid dienone is 3. The quantitative estimate of drug-likeness (QED) is 0.740. The molecule has 0 saturated carbocycles. The van der Waals surface area contributed by atoms with Crippen molar-refractivity contribution in [3.05, 3.63) is 35.1 Å². The molecule has 3 rings (SSSR count). The van der Waals surface area contributed by atoms with Gasteiger partial charge in [-0.2, -0.15) is 0 Å². The summed E-state index contributed by atoms with van der Waals surface area (Å²) in [4.78, 5) is 14.8. The molecule has 1 fully saturated rings. The molecular weight excluding hydrogens is 262 g/mol. The van der Waals surface area contributed by atoms with Crippen LogP contribution in [-0.4, -0.2) is 30.0 Å². The van der Waals surface area contributed by atoms with E-state index in [1.165, 1.54) is 31.4 Å². The van der Waals surface area contributed by atoms with Crippen LogP contribution in [0.15, 0.2) is 35.1 Å². The molecule has 0 aromatic carbocycles. The summed E-state index contributed by atoms with van der Waals surface area (Å²) in [5.74, 6) is 0.920. The summed E-state index contributed by atoms with van der Waals surface area (Å²) in [7, 11) is 0. The van der Waals surface area contributed by atoms with E-state index in [4.69, 9.17) is 4.74 Å². The van der Waals surface area contributed by atoms with Crippen LogP contribution in [0, 0.1) is 5.92 Å². The number of likely N-dealkylation sites (tertiary alicyclic amines) is 1. The van der Waals surface area contributed by atoms with Gasteiger partial charge in [-0.1, -0.05) is 19.9 Å². The van der Waals surface area contributed by atoms with Gasteiger partial charge in [-0.05, 0) is 56.5 Å². The Bertz CT molecular complexity index is 515. The monoisotopic (exact) mass is 287 g/mol. The second-order valence-electron chi connectivity index (χ2n) is 6.22. The molecule has 2 unspecified atom stereocenters. The van der Waals surface area contributed by atoms with Gasteiger partial charge in [-0.25, -0.2) is 4.79 Å². The molecule has 21 heavy (non-hydrogen) atoms. The van der Waals surface area contributed by atoms with Crippen molar-refractivity contribution in [1.29, 1.82) is 0 Å². The maximum absolute atomic E-state index is 12.2. The maximum atomic E-state index is 12.2. The summed E-state index contributed by atoms with van der Waals surface area (Å²) in [5, 5.41) is 0. The zero-order valence-electron chi connectivity index (χ0n) is 13.1. The number of nitrogens with zero attached hydrogens (tertiary/aromatic N) is 1. The Morgan fingerprint density at radius 3 is 3.00 bits per heavy atom. The molecule has 0 aromatic heterocycles. The van der Waals surface area contributed by atoms with E-state index in [0.717, 1.165) is 30.7 Å². The van der Waals surface area contributed by atoms with E-state index in [2.05, 4.69) is 30.1 Å². The highest BCUT2D eigenvalue weighted by Crippen LogP contribution is 2.36.